The molecule has 7 heteroatoms. The summed E-state index contributed by atoms with van der Waals surface area (Å²) in [6, 6.07) is 4.33. The fourth-order valence-corrected chi connectivity index (χ4v) is 1.66. The second-order valence-electron chi connectivity index (χ2n) is 3.85. The number of phenols is 1. The van der Waals surface area contributed by atoms with Crippen LogP contribution in [0, 0.1) is 0 Å². The Hall–Kier alpha value is -2.31. The number of nitrogens with zero attached hydrogens (tertiary/aromatic N) is 4. The Balaban J connectivity index is 2.50. The summed E-state index contributed by atoms with van der Waals surface area (Å²) in [6.45, 7) is 3.62. The van der Waals surface area contributed by atoms with Crippen LogP contribution in [0.5, 0.6) is 5.75 Å². The first kappa shape index (κ1) is 12.2. The molecule has 0 amide bonds. The fourth-order valence-electron chi connectivity index (χ4n) is 1.66. The molecule has 2 rings (SSSR count). The summed E-state index contributed by atoms with van der Waals surface area (Å²) in [5, 5.41) is 24.1. The first-order chi connectivity index (χ1) is 8.57. The lowest BCUT2D eigenvalue weighted by atomic mass is 9.96. The molecule has 0 atom stereocenters. The van der Waals surface area contributed by atoms with Crippen molar-refractivity contribution < 1.29 is 14.6 Å². The molecule has 0 fully saturated rings. The third kappa shape index (κ3) is 2.06. The van der Waals surface area contributed by atoms with Gasteiger partial charge in [-0.1, -0.05) is 0 Å². The molecule has 94 valence electrons. The highest BCUT2D eigenvalue weighted by molar-refractivity contribution is 5.92. The van der Waals surface area contributed by atoms with Crippen LogP contribution < -0.4 is 0 Å². The molecule has 1 N–H and O–H groups in total. The number of phenolic OH excluding ortho intramolecular Hbond substituents is 1. The Morgan fingerprint density at radius 2 is 2.06 bits per heavy atom. The van der Waals surface area contributed by atoms with Crippen molar-refractivity contribution in [2.24, 2.45) is 20.7 Å². The van der Waals surface area contributed by atoms with Crippen LogP contribution in [0.15, 0.2) is 38.9 Å². The molecule has 1 aliphatic heterocycles. The van der Waals surface area contributed by atoms with Crippen LogP contribution in [0.1, 0.15) is 29.8 Å². The van der Waals surface area contributed by atoms with Crippen LogP contribution in [0.25, 0.3) is 0 Å². The van der Waals surface area contributed by atoms with E-state index in [9.17, 15) is 9.90 Å². The molecule has 0 saturated carbocycles. The van der Waals surface area contributed by atoms with E-state index < -0.39 is 11.6 Å². The van der Waals surface area contributed by atoms with E-state index in [1.165, 1.54) is 12.1 Å². The molecule has 1 aromatic rings. The van der Waals surface area contributed by atoms with Crippen molar-refractivity contribution in [1.82, 2.24) is 0 Å². The van der Waals surface area contributed by atoms with Gasteiger partial charge in [-0.25, -0.2) is 4.79 Å². The molecule has 0 aromatic heterocycles. The Kier molecular flexibility index (Phi) is 3.05. The normalized spacial score (nSPS) is 15.9. The van der Waals surface area contributed by atoms with Crippen molar-refractivity contribution in [2.75, 3.05) is 6.61 Å². The second-order valence-corrected chi connectivity index (χ2v) is 3.85. The molecule has 0 spiro atoms. The molecule has 1 aliphatic rings. The van der Waals surface area contributed by atoms with Crippen molar-refractivity contribution in [3.8, 4) is 5.75 Å². The van der Waals surface area contributed by atoms with Crippen molar-refractivity contribution in [3.63, 3.8) is 0 Å². The van der Waals surface area contributed by atoms with Gasteiger partial charge in [0.25, 0.3) is 0 Å². The van der Waals surface area contributed by atoms with Crippen molar-refractivity contribution in [2.45, 2.75) is 19.5 Å². The summed E-state index contributed by atoms with van der Waals surface area (Å²) >= 11 is 0. The molecule has 0 aliphatic carbocycles. The van der Waals surface area contributed by atoms with Crippen LogP contribution in [-0.4, -0.2) is 17.7 Å². The topological polar surface area (TPSA) is 96.0 Å². The van der Waals surface area contributed by atoms with Gasteiger partial charge in [-0.2, -0.15) is 0 Å². The van der Waals surface area contributed by atoms with Crippen LogP contribution in [-0.2, 0) is 10.4 Å². The Morgan fingerprint density at radius 1 is 1.39 bits per heavy atom. The van der Waals surface area contributed by atoms with Gasteiger partial charge in [-0.3, -0.25) is 0 Å². The van der Waals surface area contributed by atoms with Crippen molar-refractivity contribution in [1.29, 1.82) is 0 Å². The maximum atomic E-state index is 11.8. The standard InChI is InChI=1S/C11H12N4O3/c1-3-18-10(17)8-6-7(16)4-5-9(8)11(2)12-14-15-13-11/h4-6,16H,3H2,1-2H3. The minimum absolute atomic E-state index is 0.0303. The van der Waals surface area contributed by atoms with Crippen molar-refractivity contribution >= 4 is 5.97 Å². The lowest BCUT2D eigenvalue weighted by Gasteiger charge is -2.17. The smallest absolute Gasteiger partial charge is 0.338 e. The SMILES string of the molecule is CCOC(=O)c1cc(O)ccc1C1(C)N=NN=N1. The zero-order valence-electron chi connectivity index (χ0n) is 9.99. The minimum atomic E-state index is -1.05. The highest BCUT2D eigenvalue weighted by Crippen LogP contribution is 2.35. The van der Waals surface area contributed by atoms with Gasteiger partial charge in [-0.15, -0.1) is 10.2 Å². The van der Waals surface area contributed by atoms with Crippen molar-refractivity contribution in [3.05, 3.63) is 29.3 Å². The van der Waals surface area contributed by atoms with Gasteiger partial charge in [0.1, 0.15) is 5.75 Å². The number of aromatic hydroxyl groups is 1. The average Bonchev–Trinajstić information content (AvgIpc) is 2.77. The van der Waals surface area contributed by atoms with Gasteiger partial charge in [0.15, 0.2) is 0 Å². The van der Waals surface area contributed by atoms with Gasteiger partial charge in [0.05, 0.1) is 12.2 Å². The first-order valence-corrected chi connectivity index (χ1v) is 5.41. The number of hydrogen-bond acceptors (Lipinski definition) is 7. The number of esters is 1. The van der Waals surface area contributed by atoms with E-state index in [1.54, 1.807) is 19.9 Å². The summed E-state index contributed by atoms with van der Waals surface area (Å²) in [5.74, 6) is -0.570. The molecule has 0 radical (unpaired) electrons. The first-order valence-electron chi connectivity index (χ1n) is 5.41. The van der Waals surface area contributed by atoms with Gasteiger partial charge in [0.2, 0.25) is 5.66 Å². The maximum absolute atomic E-state index is 11.8. The van der Waals surface area contributed by atoms with Crippen LogP contribution >= 0.6 is 0 Å². The molecule has 0 bridgehead atoms. The zero-order valence-corrected chi connectivity index (χ0v) is 9.99. The monoisotopic (exact) mass is 248 g/mol. The van der Waals surface area contributed by atoms with Gasteiger partial charge >= 0.3 is 5.97 Å². The van der Waals surface area contributed by atoms with Gasteiger partial charge < -0.3 is 9.84 Å². The van der Waals surface area contributed by atoms with E-state index in [1.807, 2.05) is 0 Å². The Labute approximate surface area is 103 Å². The largest absolute Gasteiger partial charge is 0.508 e. The van der Waals surface area contributed by atoms with E-state index in [-0.39, 0.29) is 17.9 Å². The molecule has 7 nitrogen and oxygen atoms in total. The summed E-state index contributed by atoms with van der Waals surface area (Å²) in [6.07, 6.45) is 0. The second kappa shape index (κ2) is 4.52. The lowest BCUT2D eigenvalue weighted by Crippen LogP contribution is -2.19. The molecular formula is C11H12N4O3. The average molecular weight is 248 g/mol. The summed E-state index contributed by atoms with van der Waals surface area (Å²) in [7, 11) is 0. The molecular weight excluding hydrogens is 236 g/mol. The number of carbonyl (C=O) groups excluding carboxylic acids is 1. The van der Waals surface area contributed by atoms with Crippen LogP contribution in [0.4, 0.5) is 0 Å². The lowest BCUT2D eigenvalue weighted by molar-refractivity contribution is 0.0522. The highest BCUT2D eigenvalue weighted by atomic mass is 16.5. The fraction of sp³-hybridized carbons (Fsp3) is 0.364. The van der Waals surface area contributed by atoms with Crippen LogP contribution in [0.3, 0.4) is 0 Å². The van der Waals surface area contributed by atoms with E-state index in [4.69, 9.17) is 4.74 Å². The Morgan fingerprint density at radius 3 is 2.67 bits per heavy atom. The molecule has 0 unspecified atom stereocenters. The van der Waals surface area contributed by atoms with Crippen LogP contribution in [0.2, 0.25) is 0 Å². The number of ether oxygens (including phenoxy) is 1. The van der Waals surface area contributed by atoms with Gasteiger partial charge in [-0.05, 0) is 42.5 Å². The van der Waals surface area contributed by atoms with E-state index in [2.05, 4.69) is 20.7 Å². The summed E-state index contributed by atoms with van der Waals surface area (Å²) < 4.78 is 4.93. The summed E-state index contributed by atoms with van der Waals surface area (Å²) in [4.78, 5) is 11.8. The number of benzene rings is 1. The minimum Gasteiger partial charge on any atom is -0.508 e. The number of hydrogen-bond donors (Lipinski definition) is 1. The van der Waals surface area contributed by atoms with E-state index in [0.29, 0.717) is 5.56 Å². The zero-order chi connectivity index (χ0) is 13.2. The predicted octanol–water partition coefficient (Wildman–Crippen LogP) is 2.57. The van der Waals surface area contributed by atoms with E-state index >= 15 is 0 Å². The number of carbonyl (C=O) groups is 1. The van der Waals surface area contributed by atoms with Gasteiger partial charge in [0, 0.05) is 5.56 Å². The van der Waals surface area contributed by atoms with E-state index in [0.717, 1.165) is 0 Å². The summed E-state index contributed by atoms with van der Waals surface area (Å²) in [5.41, 5.74) is -0.349. The maximum Gasteiger partial charge on any atom is 0.338 e. The Bertz CT molecular complexity index is 527. The third-order valence-corrected chi connectivity index (χ3v) is 2.53. The molecule has 18 heavy (non-hydrogen) atoms. The quantitative estimate of drug-likeness (QED) is 0.832. The molecule has 0 saturated heterocycles. The third-order valence-electron chi connectivity index (χ3n) is 2.53. The predicted molar refractivity (Wildman–Crippen MR) is 61.1 cm³/mol. The molecule has 1 aromatic carbocycles. The number of rotatable bonds is 3. The highest BCUT2D eigenvalue weighted by Gasteiger charge is 2.34. The molecule has 1 heterocycles.